The van der Waals surface area contributed by atoms with Crippen LogP contribution >= 0.6 is 11.6 Å². The molecular formula is C13H11ClFNO2. The molecule has 1 unspecified atom stereocenters. The lowest BCUT2D eigenvalue weighted by atomic mass is 10.1. The predicted octanol–water partition coefficient (Wildman–Crippen LogP) is 2.96. The molecule has 2 rings (SSSR count). The molecule has 1 N–H and O–H groups in total. The quantitative estimate of drug-likeness (QED) is 0.930. The number of nitrogens with zero attached hydrogens (tertiary/aromatic N) is 1. The molecule has 94 valence electrons. The third-order valence-corrected chi connectivity index (χ3v) is 2.83. The van der Waals surface area contributed by atoms with Crippen molar-refractivity contribution in [3.8, 4) is 5.88 Å². The van der Waals surface area contributed by atoms with E-state index in [2.05, 4.69) is 4.98 Å². The standard InChI is InChI=1S/C13H11ClFNO2/c1-18-12-4-2-3-11(16-12)13(17)9-7-8(15)5-6-10(9)14/h2-7,13,17H,1H3. The van der Waals surface area contributed by atoms with Crippen LogP contribution < -0.4 is 4.74 Å². The second-order valence-electron chi connectivity index (χ2n) is 3.67. The molecule has 1 heterocycles. The van der Waals surface area contributed by atoms with Gasteiger partial charge in [0.05, 0.1) is 12.8 Å². The summed E-state index contributed by atoms with van der Waals surface area (Å²) in [4.78, 5) is 4.09. The SMILES string of the molecule is COc1cccc(C(O)c2cc(F)ccc2Cl)n1. The molecule has 0 fully saturated rings. The fraction of sp³-hybridized carbons (Fsp3) is 0.154. The minimum atomic E-state index is -1.09. The number of rotatable bonds is 3. The van der Waals surface area contributed by atoms with Gasteiger partial charge in [0.2, 0.25) is 5.88 Å². The highest BCUT2D eigenvalue weighted by atomic mass is 35.5. The van der Waals surface area contributed by atoms with E-state index >= 15 is 0 Å². The van der Waals surface area contributed by atoms with E-state index in [1.54, 1.807) is 18.2 Å². The van der Waals surface area contributed by atoms with Gasteiger partial charge in [-0.05, 0) is 24.3 Å². The van der Waals surface area contributed by atoms with E-state index in [4.69, 9.17) is 16.3 Å². The molecule has 0 bridgehead atoms. The molecule has 1 atom stereocenters. The van der Waals surface area contributed by atoms with Crippen LogP contribution in [0.3, 0.4) is 0 Å². The van der Waals surface area contributed by atoms with E-state index in [1.807, 2.05) is 0 Å². The normalized spacial score (nSPS) is 12.2. The molecule has 0 radical (unpaired) electrons. The van der Waals surface area contributed by atoms with Crippen LogP contribution in [0, 0.1) is 5.82 Å². The molecular weight excluding hydrogens is 257 g/mol. The van der Waals surface area contributed by atoms with Crippen LogP contribution in [0.1, 0.15) is 17.4 Å². The van der Waals surface area contributed by atoms with Gasteiger partial charge in [-0.15, -0.1) is 0 Å². The molecule has 0 aliphatic rings. The van der Waals surface area contributed by atoms with Crippen molar-refractivity contribution >= 4 is 11.6 Å². The number of ether oxygens (including phenoxy) is 1. The molecule has 0 spiro atoms. The lowest BCUT2D eigenvalue weighted by molar-refractivity contribution is 0.213. The van der Waals surface area contributed by atoms with E-state index in [0.717, 1.165) is 0 Å². The number of halogens is 2. The van der Waals surface area contributed by atoms with E-state index in [-0.39, 0.29) is 10.6 Å². The molecule has 0 aliphatic carbocycles. The second-order valence-corrected chi connectivity index (χ2v) is 4.08. The van der Waals surface area contributed by atoms with Crippen LogP contribution in [0.5, 0.6) is 5.88 Å². The third kappa shape index (κ3) is 2.60. The predicted molar refractivity (Wildman–Crippen MR) is 66.3 cm³/mol. The third-order valence-electron chi connectivity index (χ3n) is 2.49. The number of aliphatic hydroxyl groups is 1. The Balaban J connectivity index is 2.40. The van der Waals surface area contributed by atoms with Crippen LogP contribution in [-0.2, 0) is 0 Å². The van der Waals surface area contributed by atoms with Gasteiger partial charge in [-0.2, -0.15) is 0 Å². The van der Waals surface area contributed by atoms with Crippen molar-refractivity contribution in [3.05, 3.63) is 58.5 Å². The van der Waals surface area contributed by atoms with Crippen molar-refractivity contribution in [1.29, 1.82) is 0 Å². The summed E-state index contributed by atoms with van der Waals surface area (Å²) < 4.78 is 18.1. The Morgan fingerprint density at radius 2 is 2.11 bits per heavy atom. The lowest BCUT2D eigenvalue weighted by Crippen LogP contribution is -2.04. The van der Waals surface area contributed by atoms with Crippen LogP contribution in [0.15, 0.2) is 36.4 Å². The smallest absolute Gasteiger partial charge is 0.213 e. The highest BCUT2D eigenvalue weighted by Gasteiger charge is 2.16. The summed E-state index contributed by atoms with van der Waals surface area (Å²) in [6.45, 7) is 0. The molecule has 3 nitrogen and oxygen atoms in total. The number of benzene rings is 1. The van der Waals surface area contributed by atoms with Crippen molar-refractivity contribution in [1.82, 2.24) is 4.98 Å². The molecule has 1 aromatic heterocycles. The molecule has 0 aliphatic heterocycles. The number of methoxy groups -OCH3 is 1. The van der Waals surface area contributed by atoms with Gasteiger partial charge in [-0.1, -0.05) is 17.7 Å². The topological polar surface area (TPSA) is 42.4 Å². The summed E-state index contributed by atoms with van der Waals surface area (Å²) in [5.74, 6) is -0.0876. The zero-order valence-electron chi connectivity index (χ0n) is 9.60. The van der Waals surface area contributed by atoms with E-state index in [0.29, 0.717) is 11.6 Å². The average molecular weight is 268 g/mol. The van der Waals surface area contributed by atoms with Gasteiger partial charge in [0, 0.05) is 16.7 Å². The fourth-order valence-electron chi connectivity index (χ4n) is 1.58. The van der Waals surface area contributed by atoms with E-state index < -0.39 is 11.9 Å². The van der Waals surface area contributed by atoms with Crippen LogP contribution in [-0.4, -0.2) is 17.2 Å². The molecule has 0 saturated carbocycles. The van der Waals surface area contributed by atoms with Crippen LogP contribution in [0.25, 0.3) is 0 Å². The fourth-order valence-corrected chi connectivity index (χ4v) is 1.80. The van der Waals surface area contributed by atoms with Gasteiger partial charge < -0.3 is 9.84 Å². The Hall–Kier alpha value is -1.65. The van der Waals surface area contributed by atoms with Crippen molar-refractivity contribution in [2.24, 2.45) is 0 Å². The monoisotopic (exact) mass is 267 g/mol. The zero-order valence-corrected chi connectivity index (χ0v) is 10.4. The summed E-state index contributed by atoms with van der Waals surface area (Å²) in [5.41, 5.74) is 0.624. The van der Waals surface area contributed by atoms with Gasteiger partial charge in [0.15, 0.2) is 0 Å². The number of aromatic nitrogens is 1. The van der Waals surface area contributed by atoms with Crippen molar-refractivity contribution in [3.63, 3.8) is 0 Å². The molecule has 0 saturated heterocycles. The maximum Gasteiger partial charge on any atom is 0.213 e. The zero-order chi connectivity index (χ0) is 13.1. The van der Waals surface area contributed by atoms with Gasteiger partial charge >= 0.3 is 0 Å². The van der Waals surface area contributed by atoms with Crippen LogP contribution in [0.2, 0.25) is 5.02 Å². The first-order chi connectivity index (χ1) is 8.61. The van der Waals surface area contributed by atoms with E-state index in [1.165, 1.54) is 25.3 Å². The Bertz CT molecular complexity index is 562. The summed E-state index contributed by atoms with van der Waals surface area (Å²) in [7, 11) is 1.48. The molecule has 5 heteroatoms. The molecule has 1 aromatic carbocycles. The average Bonchev–Trinajstić information content (AvgIpc) is 2.41. The molecule has 18 heavy (non-hydrogen) atoms. The Morgan fingerprint density at radius 1 is 1.33 bits per heavy atom. The number of aliphatic hydroxyl groups excluding tert-OH is 1. The summed E-state index contributed by atoms with van der Waals surface area (Å²) in [5, 5.41) is 10.4. The first-order valence-corrected chi connectivity index (χ1v) is 5.63. The highest BCUT2D eigenvalue weighted by Crippen LogP contribution is 2.28. The van der Waals surface area contributed by atoms with Gasteiger partial charge in [-0.3, -0.25) is 0 Å². The number of pyridine rings is 1. The maximum absolute atomic E-state index is 13.2. The van der Waals surface area contributed by atoms with E-state index in [9.17, 15) is 9.50 Å². The Kier molecular flexibility index (Phi) is 3.79. The molecule has 2 aromatic rings. The lowest BCUT2D eigenvalue weighted by Gasteiger charge is -2.13. The molecule has 0 amide bonds. The van der Waals surface area contributed by atoms with Crippen molar-refractivity contribution < 1.29 is 14.2 Å². The van der Waals surface area contributed by atoms with Crippen molar-refractivity contribution in [2.45, 2.75) is 6.10 Å². The summed E-state index contributed by atoms with van der Waals surface area (Å²) in [6.07, 6.45) is -1.09. The first kappa shape index (κ1) is 12.8. The van der Waals surface area contributed by atoms with Gasteiger partial charge in [-0.25, -0.2) is 9.37 Å². The minimum Gasteiger partial charge on any atom is -0.481 e. The second kappa shape index (κ2) is 5.33. The van der Waals surface area contributed by atoms with Gasteiger partial charge in [0.25, 0.3) is 0 Å². The minimum absolute atomic E-state index is 0.275. The van der Waals surface area contributed by atoms with Gasteiger partial charge in [0.1, 0.15) is 11.9 Å². The Labute approximate surface area is 109 Å². The largest absolute Gasteiger partial charge is 0.481 e. The first-order valence-electron chi connectivity index (χ1n) is 5.26. The summed E-state index contributed by atoms with van der Waals surface area (Å²) in [6, 6.07) is 8.79. The summed E-state index contributed by atoms with van der Waals surface area (Å²) >= 11 is 5.93. The maximum atomic E-state index is 13.2. The van der Waals surface area contributed by atoms with Crippen molar-refractivity contribution in [2.75, 3.05) is 7.11 Å². The number of hydrogen-bond donors (Lipinski definition) is 1. The highest BCUT2D eigenvalue weighted by molar-refractivity contribution is 6.31. The number of hydrogen-bond acceptors (Lipinski definition) is 3. The Morgan fingerprint density at radius 3 is 2.83 bits per heavy atom. The van der Waals surface area contributed by atoms with Crippen LogP contribution in [0.4, 0.5) is 4.39 Å².